The lowest BCUT2D eigenvalue weighted by Crippen LogP contribution is -2.24. The standard InChI is InChI=1S/C19H25N3O/c1-5-10-21-19(23)17-12-15(9-11-20-17)22-18-14(4)7-6-8-16(18)13(2)3/h6-9,11-13H,5,10H2,1-4H3,(H,20,22)(H,21,23). The zero-order chi connectivity index (χ0) is 16.8. The van der Waals surface area contributed by atoms with Crippen molar-refractivity contribution >= 4 is 17.3 Å². The lowest BCUT2D eigenvalue weighted by molar-refractivity contribution is 0.0949. The minimum absolute atomic E-state index is 0.135. The van der Waals surface area contributed by atoms with Gasteiger partial charge in [0.2, 0.25) is 0 Å². The summed E-state index contributed by atoms with van der Waals surface area (Å²) in [6, 6.07) is 9.97. The number of anilines is 2. The van der Waals surface area contributed by atoms with Crippen molar-refractivity contribution in [3.8, 4) is 0 Å². The quantitative estimate of drug-likeness (QED) is 0.831. The molecule has 0 bridgehead atoms. The average Bonchev–Trinajstić information content (AvgIpc) is 2.54. The highest BCUT2D eigenvalue weighted by molar-refractivity contribution is 5.93. The molecule has 4 nitrogen and oxygen atoms in total. The molecule has 122 valence electrons. The molecule has 4 heteroatoms. The van der Waals surface area contributed by atoms with Gasteiger partial charge in [-0.2, -0.15) is 0 Å². The van der Waals surface area contributed by atoms with Crippen molar-refractivity contribution in [1.82, 2.24) is 10.3 Å². The zero-order valence-electron chi connectivity index (χ0n) is 14.3. The van der Waals surface area contributed by atoms with Crippen LogP contribution in [0, 0.1) is 6.92 Å². The first-order chi connectivity index (χ1) is 11.0. The summed E-state index contributed by atoms with van der Waals surface area (Å²) < 4.78 is 0. The summed E-state index contributed by atoms with van der Waals surface area (Å²) in [6.07, 6.45) is 2.57. The Hall–Kier alpha value is -2.36. The van der Waals surface area contributed by atoms with Crippen LogP contribution in [-0.4, -0.2) is 17.4 Å². The van der Waals surface area contributed by atoms with E-state index in [1.54, 1.807) is 12.3 Å². The third kappa shape index (κ3) is 4.31. The predicted octanol–water partition coefficient (Wildman–Crippen LogP) is 4.40. The first kappa shape index (κ1) is 17.0. The van der Waals surface area contributed by atoms with Crippen LogP contribution in [0.15, 0.2) is 36.5 Å². The van der Waals surface area contributed by atoms with Gasteiger partial charge >= 0.3 is 0 Å². The molecule has 2 N–H and O–H groups in total. The van der Waals surface area contributed by atoms with Gasteiger partial charge in [-0.25, -0.2) is 0 Å². The van der Waals surface area contributed by atoms with Gasteiger partial charge in [0.05, 0.1) is 0 Å². The second kappa shape index (κ2) is 7.77. The van der Waals surface area contributed by atoms with E-state index in [4.69, 9.17) is 0 Å². The summed E-state index contributed by atoms with van der Waals surface area (Å²) in [6.45, 7) is 9.13. The van der Waals surface area contributed by atoms with Gasteiger partial charge in [0.15, 0.2) is 0 Å². The molecule has 1 aromatic carbocycles. The number of hydrogen-bond donors (Lipinski definition) is 2. The van der Waals surface area contributed by atoms with E-state index >= 15 is 0 Å². The first-order valence-corrected chi connectivity index (χ1v) is 8.13. The largest absolute Gasteiger partial charge is 0.355 e. The van der Waals surface area contributed by atoms with Crippen LogP contribution in [0.3, 0.4) is 0 Å². The van der Waals surface area contributed by atoms with Crippen molar-refractivity contribution in [3.05, 3.63) is 53.3 Å². The molecule has 1 amide bonds. The summed E-state index contributed by atoms with van der Waals surface area (Å²) in [5.41, 5.74) is 4.86. The Morgan fingerprint density at radius 1 is 1.26 bits per heavy atom. The molecule has 0 aliphatic carbocycles. The van der Waals surface area contributed by atoms with E-state index in [9.17, 15) is 4.79 Å². The van der Waals surface area contributed by atoms with Gasteiger partial charge in [0, 0.05) is 24.1 Å². The molecule has 2 rings (SSSR count). The average molecular weight is 311 g/mol. The highest BCUT2D eigenvalue weighted by atomic mass is 16.1. The lowest BCUT2D eigenvalue weighted by Gasteiger charge is -2.17. The summed E-state index contributed by atoms with van der Waals surface area (Å²) in [4.78, 5) is 16.2. The Morgan fingerprint density at radius 2 is 2.04 bits per heavy atom. The van der Waals surface area contributed by atoms with Crippen LogP contribution < -0.4 is 10.6 Å². The van der Waals surface area contributed by atoms with Gasteiger partial charge in [-0.05, 0) is 42.5 Å². The van der Waals surface area contributed by atoms with Crippen molar-refractivity contribution in [3.63, 3.8) is 0 Å². The Balaban J connectivity index is 2.26. The van der Waals surface area contributed by atoms with E-state index in [1.807, 2.05) is 13.0 Å². The summed E-state index contributed by atoms with van der Waals surface area (Å²) in [7, 11) is 0. The van der Waals surface area contributed by atoms with Crippen molar-refractivity contribution in [2.45, 2.75) is 40.0 Å². The van der Waals surface area contributed by atoms with Crippen LogP contribution in [0.5, 0.6) is 0 Å². The van der Waals surface area contributed by atoms with Crippen LogP contribution in [0.2, 0.25) is 0 Å². The smallest absolute Gasteiger partial charge is 0.269 e. The third-order valence-electron chi connectivity index (χ3n) is 3.72. The fraction of sp³-hybridized carbons (Fsp3) is 0.368. The van der Waals surface area contributed by atoms with Gasteiger partial charge in [0.25, 0.3) is 5.91 Å². The SMILES string of the molecule is CCCNC(=O)c1cc(Nc2c(C)cccc2C(C)C)ccn1. The number of benzene rings is 1. The lowest BCUT2D eigenvalue weighted by atomic mass is 9.98. The number of aromatic nitrogens is 1. The molecular formula is C19H25N3O. The number of nitrogens with zero attached hydrogens (tertiary/aromatic N) is 1. The Kier molecular flexibility index (Phi) is 5.74. The minimum Gasteiger partial charge on any atom is -0.355 e. The molecule has 0 radical (unpaired) electrons. The molecule has 0 saturated carbocycles. The number of hydrogen-bond acceptors (Lipinski definition) is 3. The van der Waals surface area contributed by atoms with E-state index in [0.29, 0.717) is 18.2 Å². The van der Waals surface area contributed by atoms with Crippen LogP contribution in [0.4, 0.5) is 11.4 Å². The van der Waals surface area contributed by atoms with Gasteiger partial charge < -0.3 is 10.6 Å². The van der Waals surface area contributed by atoms with Crippen LogP contribution in [0.1, 0.15) is 54.7 Å². The molecule has 0 atom stereocenters. The van der Waals surface area contributed by atoms with Crippen molar-refractivity contribution in [1.29, 1.82) is 0 Å². The summed E-state index contributed by atoms with van der Waals surface area (Å²) in [5.74, 6) is 0.288. The van der Waals surface area contributed by atoms with Gasteiger partial charge in [-0.15, -0.1) is 0 Å². The highest BCUT2D eigenvalue weighted by Gasteiger charge is 2.11. The van der Waals surface area contributed by atoms with Gasteiger partial charge in [0.1, 0.15) is 5.69 Å². The number of aryl methyl sites for hydroxylation is 1. The summed E-state index contributed by atoms with van der Waals surface area (Å²) >= 11 is 0. The molecule has 2 aromatic rings. The molecule has 23 heavy (non-hydrogen) atoms. The maximum atomic E-state index is 12.0. The van der Waals surface area contributed by atoms with E-state index < -0.39 is 0 Å². The molecule has 0 unspecified atom stereocenters. The summed E-state index contributed by atoms with van der Waals surface area (Å²) in [5, 5.41) is 6.30. The van der Waals surface area contributed by atoms with E-state index in [1.165, 1.54) is 11.1 Å². The molecule has 0 fully saturated rings. The molecule has 1 heterocycles. The number of pyridine rings is 1. The van der Waals surface area contributed by atoms with Crippen molar-refractivity contribution in [2.24, 2.45) is 0 Å². The molecule has 1 aromatic heterocycles. The van der Waals surface area contributed by atoms with E-state index in [0.717, 1.165) is 17.8 Å². The maximum Gasteiger partial charge on any atom is 0.269 e. The molecular weight excluding hydrogens is 286 g/mol. The number of carbonyl (C=O) groups excluding carboxylic acids is 1. The Labute approximate surface area is 138 Å². The fourth-order valence-corrected chi connectivity index (χ4v) is 2.45. The molecule has 0 aliphatic heterocycles. The van der Waals surface area contributed by atoms with Gasteiger partial charge in [-0.3, -0.25) is 9.78 Å². The number of para-hydroxylation sites is 1. The monoisotopic (exact) mass is 311 g/mol. The maximum absolute atomic E-state index is 12.0. The van der Waals surface area contributed by atoms with Crippen molar-refractivity contribution < 1.29 is 4.79 Å². The topological polar surface area (TPSA) is 54.0 Å². The highest BCUT2D eigenvalue weighted by Crippen LogP contribution is 2.30. The van der Waals surface area contributed by atoms with E-state index in [-0.39, 0.29) is 5.91 Å². The number of rotatable bonds is 6. The fourth-order valence-electron chi connectivity index (χ4n) is 2.45. The Morgan fingerprint density at radius 3 is 2.74 bits per heavy atom. The third-order valence-corrected chi connectivity index (χ3v) is 3.72. The first-order valence-electron chi connectivity index (χ1n) is 8.13. The second-order valence-corrected chi connectivity index (χ2v) is 6.00. The van der Waals surface area contributed by atoms with Crippen molar-refractivity contribution in [2.75, 3.05) is 11.9 Å². The predicted molar refractivity (Wildman–Crippen MR) is 95.4 cm³/mol. The Bertz CT molecular complexity index is 680. The van der Waals surface area contributed by atoms with E-state index in [2.05, 4.69) is 54.6 Å². The van der Waals surface area contributed by atoms with Crippen LogP contribution >= 0.6 is 0 Å². The second-order valence-electron chi connectivity index (χ2n) is 6.00. The number of amides is 1. The molecule has 0 aliphatic rings. The molecule has 0 saturated heterocycles. The molecule has 0 spiro atoms. The minimum atomic E-state index is -0.135. The zero-order valence-corrected chi connectivity index (χ0v) is 14.3. The normalized spacial score (nSPS) is 10.7. The van der Waals surface area contributed by atoms with Crippen LogP contribution in [0.25, 0.3) is 0 Å². The van der Waals surface area contributed by atoms with Gasteiger partial charge in [-0.1, -0.05) is 39.0 Å². The number of nitrogens with one attached hydrogen (secondary N) is 2. The number of carbonyl (C=O) groups is 1. The van der Waals surface area contributed by atoms with Crippen LogP contribution in [-0.2, 0) is 0 Å².